The number of nitrogens with one attached hydrogen (secondary N) is 1. The van der Waals surface area contributed by atoms with Gasteiger partial charge in [-0.25, -0.2) is 0 Å². The van der Waals surface area contributed by atoms with E-state index in [9.17, 15) is 0 Å². The number of benzene rings is 5. The van der Waals surface area contributed by atoms with Crippen LogP contribution in [0, 0.1) is 5.92 Å². The van der Waals surface area contributed by atoms with Crippen LogP contribution >= 0.6 is 0 Å². The molecule has 2 aliphatic carbocycles. The van der Waals surface area contributed by atoms with Crippen molar-refractivity contribution in [1.82, 2.24) is 5.32 Å². The van der Waals surface area contributed by atoms with Crippen molar-refractivity contribution in [2.45, 2.75) is 52.5 Å². The fourth-order valence-electron chi connectivity index (χ4n) is 9.82. The number of hydrogen-bond donors (Lipinski definition) is 1. The Bertz CT molecular complexity index is 3320. The highest BCUT2D eigenvalue weighted by atomic mass is 15.2. The van der Waals surface area contributed by atoms with Gasteiger partial charge in [-0.05, 0) is 148 Å². The van der Waals surface area contributed by atoms with E-state index in [-0.39, 0.29) is 5.92 Å². The lowest BCUT2D eigenvalue weighted by molar-refractivity contribution is 0.874. The molecule has 1 N–H and O–H groups in total. The molecule has 4 nitrogen and oxygen atoms in total. The zero-order chi connectivity index (χ0) is 48.9. The quantitative estimate of drug-likeness (QED) is 0.120. The highest BCUT2D eigenvalue weighted by Crippen LogP contribution is 2.44. The predicted molar refractivity (Wildman–Crippen MR) is 305 cm³/mol. The van der Waals surface area contributed by atoms with Crippen LogP contribution in [0.4, 0.5) is 5.69 Å². The second-order valence-corrected chi connectivity index (χ2v) is 18.2. The van der Waals surface area contributed by atoms with Gasteiger partial charge in [0.2, 0.25) is 0 Å². The van der Waals surface area contributed by atoms with Crippen LogP contribution in [-0.2, 0) is 6.54 Å². The monoisotopic (exact) mass is 922 g/mol. The van der Waals surface area contributed by atoms with Gasteiger partial charge in [0.05, 0.1) is 18.0 Å². The van der Waals surface area contributed by atoms with Gasteiger partial charge in [-0.15, -0.1) is 0 Å². The summed E-state index contributed by atoms with van der Waals surface area (Å²) in [5.74, 6) is 0.107. The molecule has 4 heteroatoms. The predicted octanol–water partition coefficient (Wildman–Crippen LogP) is 14.9. The minimum Gasteiger partial charge on any atom is -0.361 e. The highest BCUT2D eigenvalue weighted by Gasteiger charge is 2.30. The fourth-order valence-corrected chi connectivity index (χ4v) is 9.82. The number of aliphatic imine (C=N–C) groups is 2. The van der Waals surface area contributed by atoms with Gasteiger partial charge in [0, 0.05) is 46.9 Å². The van der Waals surface area contributed by atoms with Crippen molar-refractivity contribution in [1.29, 1.82) is 0 Å². The van der Waals surface area contributed by atoms with Crippen LogP contribution in [-0.4, -0.2) is 12.4 Å². The minimum atomic E-state index is 0.107. The molecule has 1 unspecified atom stereocenters. The van der Waals surface area contributed by atoms with Crippen molar-refractivity contribution in [3.8, 4) is 0 Å². The van der Waals surface area contributed by atoms with E-state index in [0.29, 0.717) is 6.54 Å². The molecule has 1 atom stereocenters. The average Bonchev–Trinajstić information content (AvgIpc) is 3.79. The second-order valence-electron chi connectivity index (χ2n) is 18.2. The molecule has 0 amide bonds. The first-order valence-corrected chi connectivity index (χ1v) is 24.8. The molecule has 5 aromatic carbocycles. The van der Waals surface area contributed by atoms with Gasteiger partial charge in [0.1, 0.15) is 0 Å². The zero-order valence-electron chi connectivity index (χ0n) is 41.1. The Morgan fingerprint density at radius 2 is 1.58 bits per heavy atom. The van der Waals surface area contributed by atoms with Crippen LogP contribution in [0.3, 0.4) is 0 Å². The first-order chi connectivity index (χ1) is 34.9. The van der Waals surface area contributed by atoms with Gasteiger partial charge >= 0.3 is 0 Å². The Balaban J connectivity index is 1.13. The molecule has 0 saturated heterocycles. The first kappa shape index (κ1) is 47.7. The van der Waals surface area contributed by atoms with E-state index in [1.54, 1.807) is 0 Å². The van der Waals surface area contributed by atoms with E-state index < -0.39 is 0 Å². The van der Waals surface area contributed by atoms with Crippen molar-refractivity contribution in [2.24, 2.45) is 15.9 Å². The van der Waals surface area contributed by atoms with Crippen molar-refractivity contribution in [3.05, 3.63) is 297 Å². The third kappa shape index (κ3) is 11.3. The van der Waals surface area contributed by atoms with E-state index in [2.05, 4.69) is 249 Å². The first-order valence-electron chi connectivity index (χ1n) is 24.8. The van der Waals surface area contributed by atoms with E-state index in [0.717, 1.165) is 87.6 Å². The second kappa shape index (κ2) is 22.8. The summed E-state index contributed by atoms with van der Waals surface area (Å²) in [7, 11) is 0. The average molecular weight is 923 g/mol. The van der Waals surface area contributed by atoms with Crippen LogP contribution in [0.5, 0.6) is 0 Å². The van der Waals surface area contributed by atoms with Crippen LogP contribution in [0.1, 0.15) is 73.8 Å². The zero-order valence-corrected chi connectivity index (χ0v) is 41.1. The number of allylic oxidation sites excluding steroid dienone is 18. The third-order valence-electron chi connectivity index (χ3n) is 13.6. The lowest BCUT2D eigenvalue weighted by atomic mass is 9.85. The molecule has 350 valence electrons. The molecule has 0 radical (unpaired) electrons. The molecule has 0 spiro atoms. The van der Waals surface area contributed by atoms with Gasteiger partial charge in [-0.2, -0.15) is 0 Å². The molecular weight excluding hydrogens is 861 g/mol. The van der Waals surface area contributed by atoms with Gasteiger partial charge in [-0.3, -0.25) is 9.98 Å². The molecule has 0 bridgehead atoms. The van der Waals surface area contributed by atoms with Gasteiger partial charge in [-0.1, -0.05) is 190 Å². The number of nitrogens with zero attached hydrogens (tertiary/aromatic N) is 3. The maximum atomic E-state index is 5.22. The SMILES string of the molecule is C=C/C1=C(\C=C/C)C(C)/C(c2ccccc2)=C/C=C(C2=CC3=C(CC2)C/C(=C\C=c2\ccccc2=C)N3c2cccc(/C(=C/C(=NCc3ccccc3)c3ccc(C4=CCCC=C4)cc3)N=C)c2)\C=C\N1. The molecule has 2 heterocycles. The molecule has 4 aliphatic rings. The maximum absolute atomic E-state index is 5.22. The van der Waals surface area contributed by atoms with E-state index in [1.807, 2.05) is 18.2 Å². The molecular formula is C67H62N4. The maximum Gasteiger partial charge on any atom is 0.0717 e. The van der Waals surface area contributed by atoms with Crippen LogP contribution in [0.25, 0.3) is 29.5 Å². The standard InChI is InChI=1S/C67H62N4/c1-6-20-63-49(4)62(55-27-15-10-16-28-55)40-38-54(41-42-69-64(63)7-2)57-35-36-59-44-61(39-37-51-24-18-17-21-48(51)3)71(67(59)45-57)60-30-19-29-58(43-60)65(68-5)46-66(70-47-50-22-11-8-12-23-50)56-33-31-53(32-34-56)52-25-13-9-14-26-52/h6-8,10-13,15-34,37-43,45-46,49,69H,2-3,5,9,14,35-36,44,47H2,1,4H3/b20-6-,42-41+,51-37-,54-38+,61-39+,62-40-,64-63-,65-46-,70-66?. The van der Waals surface area contributed by atoms with Crippen LogP contribution < -0.4 is 20.7 Å². The Kier molecular flexibility index (Phi) is 15.4. The van der Waals surface area contributed by atoms with E-state index in [4.69, 9.17) is 4.99 Å². The summed E-state index contributed by atoms with van der Waals surface area (Å²) in [5, 5.41) is 5.71. The largest absolute Gasteiger partial charge is 0.361 e. The summed E-state index contributed by atoms with van der Waals surface area (Å²) in [6.45, 7) is 17.6. The third-order valence-corrected chi connectivity index (χ3v) is 13.6. The minimum absolute atomic E-state index is 0.107. The smallest absolute Gasteiger partial charge is 0.0717 e. The molecule has 0 fully saturated rings. The van der Waals surface area contributed by atoms with Gasteiger partial charge in [0.25, 0.3) is 0 Å². The summed E-state index contributed by atoms with van der Waals surface area (Å²) in [4.78, 5) is 12.3. The Labute approximate surface area is 421 Å². The van der Waals surface area contributed by atoms with Crippen molar-refractivity contribution in [3.63, 3.8) is 0 Å². The number of rotatable bonds is 13. The van der Waals surface area contributed by atoms with E-state index >= 15 is 0 Å². The van der Waals surface area contributed by atoms with Crippen molar-refractivity contribution in [2.75, 3.05) is 4.90 Å². The molecule has 9 rings (SSSR count). The number of anilines is 1. The Morgan fingerprint density at radius 3 is 2.32 bits per heavy atom. The van der Waals surface area contributed by atoms with Crippen molar-refractivity contribution < 1.29 is 0 Å². The summed E-state index contributed by atoms with van der Waals surface area (Å²) in [5.41, 5.74) is 19.1. The molecule has 5 aromatic rings. The fraction of sp³-hybridized carbons (Fsp3) is 0.134. The molecule has 0 saturated carbocycles. The summed E-state index contributed by atoms with van der Waals surface area (Å²) in [6.07, 6.45) is 35.8. The lowest BCUT2D eigenvalue weighted by Gasteiger charge is -2.26. The van der Waals surface area contributed by atoms with Gasteiger partial charge < -0.3 is 10.2 Å². The Hall–Kier alpha value is -8.34. The topological polar surface area (TPSA) is 40.0 Å². The Morgan fingerprint density at radius 1 is 0.789 bits per heavy atom. The van der Waals surface area contributed by atoms with Crippen molar-refractivity contribution >= 4 is 47.6 Å². The highest BCUT2D eigenvalue weighted by molar-refractivity contribution is 6.12. The number of hydrogen-bond acceptors (Lipinski definition) is 4. The van der Waals surface area contributed by atoms with E-state index in [1.165, 1.54) is 50.4 Å². The van der Waals surface area contributed by atoms with Crippen LogP contribution in [0.2, 0.25) is 0 Å². The molecule has 2 aliphatic heterocycles. The van der Waals surface area contributed by atoms with Crippen LogP contribution in [0.15, 0.2) is 269 Å². The summed E-state index contributed by atoms with van der Waals surface area (Å²) >= 11 is 0. The lowest BCUT2D eigenvalue weighted by Crippen LogP contribution is -2.22. The summed E-state index contributed by atoms with van der Waals surface area (Å²) in [6, 6.07) is 46.9. The molecule has 0 aromatic heterocycles. The van der Waals surface area contributed by atoms with Gasteiger partial charge in [0.15, 0.2) is 0 Å². The summed E-state index contributed by atoms with van der Waals surface area (Å²) < 4.78 is 0. The normalized spacial score (nSPS) is 21.4. The molecule has 71 heavy (non-hydrogen) atoms.